The summed E-state index contributed by atoms with van der Waals surface area (Å²) in [6, 6.07) is 0. The molecule has 0 saturated carbocycles. The second-order valence-corrected chi connectivity index (χ2v) is 0. The molecule has 0 heterocycles. The van der Waals surface area contributed by atoms with Gasteiger partial charge in [0.1, 0.15) is 0 Å². The molecule has 4 heavy (non-hydrogen) atoms. The van der Waals surface area contributed by atoms with Crippen LogP contribution in [0.1, 0.15) is 1.43 Å². The fourth-order valence-corrected chi connectivity index (χ4v) is 0. The molecule has 0 unspecified atom stereocenters. The van der Waals surface area contributed by atoms with Gasteiger partial charge in [0.05, 0.1) is 0 Å². The van der Waals surface area contributed by atoms with Gasteiger partial charge < -0.3 is 1.43 Å². The third kappa shape index (κ3) is 8.87. The molecular weight excluding hydrogens is 140 g/mol. The molecule has 0 bridgehead atoms. The molecular formula is H4AlLiMnV. The predicted molar refractivity (Wildman–Crippen MR) is 11.1 cm³/mol. The van der Waals surface area contributed by atoms with Crippen molar-refractivity contribution in [1.29, 1.82) is 0 Å². The van der Waals surface area contributed by atoms with Crippen molar-refractivity contribution in [3.8, 4) is 0 Å². The van der Waals surface area contributed by atoms with Crippen molar-refractivity contribution in [2.45, 2.75) is 0 Å². The van der Waals surface area contributed by atoms with Gasteiger partial charge in [-0.05, 0) is 0 Å². The maximum absolute atomic E-state index is 0. The molecule has 0 aliphatic heterocycles. The quantitative estimate of drug-likeness (QED) is 0.303. The molecule has 0 aromatic carbocycles. The first-order valence-electron chi connectivity index (χ1n) is 0. The van der Waals surface area contributed by atoms with Crippen LogP contribution in [0.15, 0.2) is 0 Å². The van der Waals surface area contributed by atoms with Gasteiger partial charge in [-0.15, -0.1) is 0 Å². The Hall–Kier alpha value is 2.23. The van der Waals surface area contributed by atoms with E-state index in [1.807, 2.05) is 0 Å². The molecule has 0 rings (SSSR count). The van der Waals surface area contributed by atoms with Crippen LogP contribution in [0.3, 0.4) is 0 Å². The Morgan fingerprint density at radius 2 is 1.25 bits per heavy atom. The SMILES string of the molecule is [AlH3].[H-].[Li+].[Mn].[V]. The standard InChI is InChI=1S/Al.Li.Mn.V.4H/q;+1;;;;;;-1. The Bertz CT molecular complexity index is 11.6. The van der Waals surface area contributed by atoms with Crippen LogP contribution in [0.4, 0.5) is 0 Å². The summed E-state index contributed by atoms with van der Waals surface area (Å²) in [5.74, 6) is 0. The average molecular weight is 144 g/mol. The van der Waals surface area contributed by atoms with E-state index in [1.54, 1.807) is 0 Å². The van der Waals surface area contributed by atoms with Crippen molar-refractivity contribution < 1.29 is 55.9 Å². The summed E-state index contributed by atoms with van der Waals surface area (Å²) in [5, 5.41) is 0. The summed E-state index contributed by atoms with van der Waals surface area (Å²) in [6.45, 7) is 0. The zero-order valence-corrected chi connectivity index (χ0v) is 4.40. The van der Waals surface area contributed by atoms with E-state index in [9.17, 15) is 0 Å². The maximum Gasteiger partial charge on any atom is 1.00 e. The van der Waals surface area contributed by atoms with Crippen molar-refractivity contribution in [2.24, 2.45) is 0 Å². The molecule has 0 atom stereocenters. The zero-order chi connectivity index (χ0) is 0. The summed E-state index contributed by atoms with van der Waals surface area (Å²) in [7, 11) is 0. The normalized spacial score (nSPS) is 0. The van der Waals surface area contributed by atoms with Crippen LogP contribution in [0.25, 0.3) is 0 Å². The van der Waals surface area contributed by atoms with Crippen molar-refractivity contribution in [3.05, 3.63) is 0 Å². The number of rotatable bonds is 0. The third-order valence-corrected chi connectivity index (χ3v) is 0. The van der Waals surface area contributed by atoms with E-state index in [0.29, 0.717) is 0 Å². The minimum atomic E-state index is 0. The average Bonchev–Trinajstić information content (AvgIpc) is 0. The Balaban J connectivity index is 0. The van der Waals surface area contributed by atoms with E-state index in [4.69, 9.17) is 0 Å². The van der Waals surface area contributed by atoms with Crippen molar-refractivity contribution in [1.82, 2.24) is 0 Å². The molecule has 0 N–H and O–H groups in total. The first-order valence-corrected chi connectivity index (χ1v) is 0. The predicted octanol–water partition coefficient (Wildman–Crippen LogP) is -4.07. The van der Waals surface area contributed by atoms with E-state index in [0.717, 1.165) is 0 Å². The van der Waals surface area contributed by atoms with Crippen LogP contribution >= 0.6 is 0 Å². The van der Waals surface area contributed by atoms with Gasteiger partial charge in [0.2, 0.25) is 0 Å². The van der Waals surface area contributed by atoms with Crippen molar-refractivity contribution >= 4 is 17.4 Å². The van der Waals surface area contributed by atoms with Crippen molar-refractivity contribution in [3.63, 3.8) is 0 Å². The van der Waals surface area contributed by atoms with E-state index in [-0.39, 0.29) is 73.3 Å². The van der Waals surface area contributed by atoms with Crippen LogP contribution in [-0.2, 0) is 35.6 Å². The van der Waals surface area contributed by atoms with Gasteiger partial charge in [-0.1, -0.05) is 0 Å². The molecule has 0 aliphatic rings. The molecule has 20 valence electrons. The number of hydrogen-bond donors (Lipinski definition) is 0. The molecule has 0 amide bonds. The van der Waals surface area contributed by atoms with Gasteiger partial charge in [-0.3, -0.25) is 0 Å². The topological polar surface area (TPSA) is 0 Å². The van der Waals surface area contributed by atoms with E-state index in [1.165, 1.54) is 0 Å². The Kier molecular flexibility index (Phi) is 161. The van der Waals surface area contributed by atoms with Gasteiger partial charge in [0.15, 0.2) is 17.4 Å². The molecule has 0 aromatic rings. The fourth-order valence-electron chi connectivity index (χ4n) is 0. The molecule has 0 spiro atoms. The smallest absolute Gasteiger partial charge is 1.00 e. The molecule has 0 fully saturated rings. The molecule has 0 aliphatic carbocycles. The first kappa shape index (κ1) is 34.2. The summed E-state index contributed by atoms with van der Waals surface area (Å²) in [5.41, 5.74) is 0. The van der Waals surface area contributed by atoms with Gasteiger partial charge >= 0.3 is 18.9 Å². The van der Waals surface area contributed by atoms with Crippen LogP contribution in [-0.4, -0.2) is 17.4 Å². The summed E-state index contributed by atoms with van der Waals surface area (Å²) < 4.78 is 0. The molecule has 0 saturated heterocycles. The van der Waals surface area contributed by atoms with Crippen molar-refractivity contribution in [2.75, 3.05) is 0 Å². The monoisotopic (exact) mass is 144 g/mol. The van der Waals surface area contributed by atoms with Gasteiger partial charge in [-0.25, -0.2) is 0 Å². The molecule has 0 nitrogen and oxygen atoms in total. The minimum Gasteiger partial charge on any atom is -1.00 e. The van der Waals surface area contributed by atoms with Gasteiger partial charge in [0.25, 0.3) is 0 Å². The Morgan fingerprint density at radius 1 is 1.25 bits per heavy atom. The van der Waals surface area contributed by atoms with Gasteiger partial charge in [-0.2, -0.15) is 0 Å². The van der Waals surface area contributed by atoms with Crippen LogP contribution < -0.4 is 18.9 Å². The summed E-state index contributed by atoms with van der Waals surface area (Å²) in [4.78, 5) is 0. The molecule has 2 radical (unpaired) electrons. The minimum absolute atomic E-state index is 0. The zero-order valence-electron chi connectivity index (χ0n) is 2.83. The van der Waals surface area contributed by atoms with Gasteiger partial charge in [0, 0.05) is 35.6 Å². The van der Waals surface area contributed by atoms with E-state index >= 15 is 0 Å². The maximum atomic E-state index is 0. The second-order valence-electron chi connectivity index (χ2n) is 0. The summed E-state index contributed by atoms with van der Waals surface area (Å²) in [6.07, 6.45) is 0. The number of hydrogen-bond acceptors (Lipinski definition) is 0. The van der Waals surface area contributed by atoms with Crippen LogP contribution in [0.2, 0.25) is 0 Å². The third-order valence-electron chi connectivity index (χ3n) is 0. The van der Waals surface area contributed by atoms with E-state index in [2.05, 4.69) is 0 Å². The van der Waals surface area contributed by atoms with Crippen LogP contribution in [0, 0.1) is 0 Å². The fraction of sp³-hybridized carbons (Fsp3) is 0. The molecule has 4 heteroatoms. The van der Waals surface area contributed by atoms with Crippen LogP contribution in [0.5, 0.6) is 0 Å². The largest absolute Gasteiger partial charge is 1.00 e. The second kappa shape index (κ2) is 18.8. The molecule has 0 aromatic heterocycles. The Morgan fingerprint density at radius 3 is 1.25 bits per heavy atom. The first-order chi connectivity index (χ1) is 0. The van der Waals surface area contributed by atoms with E-state index < -0.39 is 0 Å². The Labute approximate surface area is 72.6 Å². The summed E-state index contributed by atoms with van der Waals surface area (Å²) >= 11 is 0.